The molecule has 0 aliphatic rings. The molecule has 4 rings (SSSR count). The summed E-state index contributed by atoms with van der Waals surface area (Å²) in [7, 11) is 0. The number of aryl methyl sites for hydroxylation is 1. The molecule has 0 aliphatic heterocycles. The van der Waals surface area contributed by atoms with E-state index in [9.17, 15) is 4.79 Å². The highest BCUT2D eigenvalue weighted by atomic mass is 16.5. The van der Waals surface area contributed by atoms with Gasteiger partial charge in [-0.15, -0.1) is 0 Å². The number of benzene rings is 2. The summed E-state index contributed by atoms with van der Waals surface area (Å²) in [6.07, 6.45) is 0. The summed E-state index contributed by atoms with van der Waals surface area (Å²) in [4.78, 5) is 12.0. The highest BCUT2D eigenvalue weighted by molar-refractivity contribution is 5.92. The first kappa shape index (κ1) is 12.6. The fourth-order valence-corrected chi connectivity index (χ4v) is 2.57. The van der Waals surface area contributed by atoms with Crippen LogP contribution in [-0.2, 0) is 0 Å². The quantitative estimate of drug-likeness (QED) is 0.567. The zero-order chi connectivity index (χ0) is 15.1. The lowest BCUT2D eigenvalue weighted by Crippen LogP contribution is -2.12. The van der Waals surface area contributed by atoms with Crippen molar-refractivity contribution in [3.8, 4) is 11.5 Å². The van der Waals surface area contributed by atoms with E-state index in [1.807, 2.05) is 54.6 Å². The van der Waals surface area contributed by atoms with Crippen LogP contribution >= 0.6 is 0 Å². The molecule has 0 spiro atoms. The maximum atomic E-state index is 12.0. The minimum absolute atomic E-state index is 0.507. The monoisotopic (exact) mass is 292 g/mol. The van der Waals surface area contributed by atoms with Gasteiger partial charge in [0.05, 0.1) is 11.0 Å². The van der Waals surface area contributed by atoms with Gasteiger partial charge in [0.15, 0.2) is 0 Å². The third kappa shape index (κ3) is 1.87. The van der Waals surface area contributed by atoms with Crippen LogP contribution in [0.1, 0.15) is 5.69 Å². The molecule has 22 heavy (non-hydrogen) atoms. The highest BCUT2D eigenvalue weighted by Gasteiger charge is 2.13. The Kier molecular flexibility index (Phi) is 2.72. The molecule has 0 unspecified atom stereocenters. The van der Waals surface area contributed by atoms with Gasteiger partial charge in [-0.1, -0.05) is 29.4 Å². The molecule has 4 aromatic rings. The molecule has 0 amide bonds. The first-order valence-corrected chi connectivity index (χ1v) is 6.88. The summed E-state index contributed by atoms with van der Waals surface area (Å²) >= 11 is 0. The second-order valence-electron chi connectivity index (χ2n) is 5.00. The molecular formula is C17H12N2O3. The van der Waals surface area contributed by atoms with Crippen LogP contribution < -0.4 is 10.5 Å². The smallest absolute Gasteiger partial charge is 0.445 e. The first-order valence-electron chi connectivity index (χ1n) is 6.88. The number of hydrogen-bond acceptors (Lipinski definition) is 4. The normalized spacial score (nSPS) is 11.1. The second kappa shape index (κ2) is 4.73. The Morgan fingerprint density at radius 1 is 1.05 bits per heavy atom. The van der Waals surface area contributed by atoms with Crippen LogP contribution in [0, 0.1) is 6.92 Å². The molecule has 2 heterocycles. The molecule has 0 saturated carbocycles. The molecule has 0 bridgehead atoms. The number of para-hydroxylation sites is 1. The summed E-state index contributed by atoms with van der Waals surface area (Å²) in [5.41, 5.74) is 2.11. The van der Waals surface area contributed by atoms with Crippen LogP contribution in [0.25, 0.3) is 16.4 Å². The lowest BCUT2D eigenvalue weighted by molar-refractivity contribution is 0.342. The lowest BCUT2D eigenvalue weighted by Gasteiger charge is -2.06. The first-order chi connectivity index (χ1) is 10.7. The standard InChI is InChI=1S/C17H12N2O3/c1-11-15-10-13-14(19(15)17(20)22-18-11)8-5-9-16(13)21-12-6-3-2-4-7-12/h2-10H,1H3. The van der Waals surface area contributed by atoms with Gasteiger partial charge in [-0.25, -0.2) is 9.20 Å². The third-order valence-electron chi connectivity index (χ3n) is 3.59. The van der Waals surface area contributed by atoms with Gasteiger partial charge in [0.2, 0.25) is 0 Å². The van der Waals surface area contributed by atoms with Crippen molar-refractivity contribution in [2.45, 2.75) is 6.92 Å². The van der Waals surface area contributed by atoms with Gasteiger partial charge in [0.25, 0.3) is 0 Å². The Bertz CT molecular complexity index is 1030. The molecule has 0 saturated heterocycles. The number of fused-ring (bicyclic) bond motifs is 3. The Balaban J connectivity index is 1.99. The van der Waals surface area contributed by atoms with Crippen LogP contribution in [0.2, 0.25) is 0 Å². The minimum Gasteiger partial charge on any atom is -0.457 e. The second-order valence-corrected chi connectivity index (χ2v) is 5.00. The van der Waals surface area contributed by atoms with Crippen molar-refractivity contribution in [1.82, 2.24) is 9.56 Å². The number of aromatic nitrogens is 2. The van der Waals surface area contributed by atoms with E-state index in [0.29, 0.717) is 11.4 Å². The molecule has 2 aromatic heterocycles. The number of ether oxygens (including phenoxy) is 1. The number of nitrogens with zero attached hydrogens (tertiary/aromatic N) is 2. The number of hydrogen-bond donors (Lipinski definition) is 0. The van der Waals surface area contributed by atoms with Crippen LogP contribution in [0.15, 0.2) is 63.9 Å². The molecule has 0 fully saturated rings. The van der Waals surface area contributed by atoms with E-state index in [0.717, 1.165) is 22.2 Å². The summed E-state index contributed by atoms with van der Waals surface area (Å²) in [6, 6.07) is 17.0. The van der Waals surface area contributed by atoms with Crippen molar-refractivity contribution < 1.29 is 9.26 Å². The van der Waals surface area contributed by atoms with Crippen molar-refractivity contribution in [3.05, 3.63) is 70.8 Å². The van der Waals surface area contributed by atoms with Gasteiger partial charge in [-0.05, 0) is 37.3 Å². The fourth-order valence-electron chi connectivity index (χ4n) is 2.57. The predicted octanol–water partition coefficient (Wildman–Crippen LogP) is 3.54. The average molecular weight is 292 g/mol. The molecule has 2 aromatic carbocycles. The Labute approximate surface area is 125 Å². The molecule has 5 nitrogen and oxygen atoms in total. The van der Waals surface area contributed by atoms with Gasteiger partial charge in [-0.3, -0.25) is 4.52 Å². The Hall–Kier alpha value is -3.08. The lowest BCUT2D eigenvalue weighted by atomic mass is 10.2. The SMILES string of the molecule is Cc1noc(=O)n2c1cc1c(Oc3ccccc3)cccc12. The van der Waals surface area contributed by atoms with Gasteiger partial charge in [0, 0.05) is 5.39 Å². The minimum atomic E-state index is -0.507. The van der Waals surface area contributed by atoms with Crippen LogP contribution in [0.4, 0.5) is 0 Å². The van der Waals surface area contributed by atoms with Crippen molar-refractivity contribution >= 4 is 16.4 Å². The Morgan fingerprint density at radius 3 is 2.68 bits per heavy atom. The van der Waals surface area contributed by atoms with Crippen LogP contribution in [0.3, 0.4) is 0 Å². The van der Waals surface area contributed by atoms with E-state index >= 15 is 0 Å². The van der Waals surface area contributed by atoms with Gasteiger partial charge >= 0.3 is 5.76 Å². The summed E-state index contributed by atoms with van der Waals surface area (Å²) in [5.74, 6) is 0.922. The third-order valence-corrected chi connectivity index (χ3v) is 3.59. The molecule has 0 atom stereocenters. The van der Waals surface area contributed by atoms with Crippen molar-refractivity contribution in [2.24, 2.45) is 0 Å². The van der Waals surface area contributed by atoms with Crippen LogP contribution in [0.5, 0.6) is 11.5 Å². The van der Waals surface area contributed by atoms with E-state index in [2.05, 4.69) is 5.16 Å². The summed E-state index contributed by atoms with van der Waals surface area (Å²) in [5, 5.41) is 4.61. The number of rotatable bonds is 2. The molecule has 0 N–H and O–H groups in total. The zero-order valence-electron chi connectivity index (χ0n) is 11.8. The summed E-state index contributed by atoms with van der Waals surface area (Å²) in [6.45, 7) is 1.80. The van der Waals surface area contributed by atoms with Gasteiger partial charge < -0.3 is 4.74 Å². The maximum Gasteiger partial charge on any atom is 0.445 e. The Morgan fingerprint density at radius 2 is 1.86 bits per heavy atom. The van der Waals surface area contributed by atoms with Crippen molar-refractivity contribution in [2.75, 3.05) is 0 Å². The van der Waals surface area contributed by atoms with Gasteiger partial charge in [-0.2, -0.15) is 0 Å². The van der Waals surface area contributed by atoms with E-state index < -0.39 is 5.76 Å². The van der Waals surface area contributed by atoms with E-state index in [1.165, 1.54) is 4.40 Å². The zero-order valence-corrected chi connectivity index (χ0v) is 11.8. The molecule has 0 radical (unpaired) electrons. The molecule has 5 heteroatoms. The van der Waals surface area contributed by atoms with Crippen molar-refractivity contribution in [3.63, 3.8) is 0 Å². The molecular weight excluding hydrogens is 280 g/mol. The van der Waals surface area contributed by atoms with E-state index in [-0.39, 0.29) is 0 Å². The van der Waals surface area contributed by atoms with E-state index in [1.54, 1.807) is 6.92 Å². The van der Waals surface area contributed by atoms with Gasteiger partial charge in [0.1, 0.15) is 17.2 Å². The van der Waals surface area contributed by atoms with Crippen molar-refractivity contribution in [1.29, 1.82) is 0 Å². The average Bonchev–Trinajstić information content (AvgIpc) is 2.94. The topological polar surface area (TPSA) is 56.7 Å². The molecule has 108 valence electrons. The fraction of sp³-hybridized carbons (Fsp3) is 0.0588. The van der Waals surface area contributed by atoms with E-state index in [4.69, 9.17) is 9.26 Å². The maximum absolute atomic E-state index is 12.0. The highest BCUT2D eigenvalue weighted by Crippen LogP contribution is 2.32. The summed E-state index contributed by atoms with van der Waals surface area (Å²) < 4.78 is 12.3. The predicted molar refractivity (Wildman–Crippen MR) is 82.5 cm³/mol. The molecule has 0 aliphatic carbocycles. The largest absolute Gasteiger partial charge is 0.457 e. The van der Waals surface area contributed by atoms with Crippen LogP contribution in [-0.4, -0.2) is 9.56 Å².